The van der Waals surface area contributed by atoms with Crippen LogP contribution in [0.1, 0.15) is 32.0 Å². The summed E-state index contributed by atoms with van der Waals surface area (Å²) in [6.45, 7) is 1.86. The van der Waals surface area contributed by atoms with Crippen LogP contribution in [0.25, 0.3) is 0 Å². The Balaban J connectivity index is 1.53. The fourth-order valence-electron chi connectivity index (χ4n) is 3.45. The molecule has 1 aromatic heterocycles. The Kier molecular flexibility index (Phi) is 6.98. The normalized spacial score (nSPS) is 11.0. The standard InChI is InChI=1S/C26H23N3O5S/c1-18-21(13-7-15-23(18)29-35(32,33)20-10-3-2-4-11-20)26(31)28-24-14-6-5-12-22(24)25(30)27-17-19-9-8-16-34-19/h2-16,29H,17H2,1H3,(H,27,30)(H,28,31). The largest absolute Gasteiger partial charge is 0.467 e. The van der Waals surface area contributed by atoms with Crippen molar-refractivity contribution >= 4 is 33.2 Å². The minimum Gasteiger partial charge on any atom is -0.467 e. The zero-order valence-corrected chi connectivity index (χ0v) is 19.6. The van der Waals surface area contributed by atoms with Gasteiger partial charge in [-0.15, -0.1) is 0 Å². The third-order valence-electron chi connectivity index (χ3n) is 5.30. The monoisotopic (exact) mass is 489 g/mol. The Hall–Kier alpha value is -4.37. The molecular weight excluding hydrogens is 466 g/mol. The third-order valence-corrected chi connectivity index (χ3v) is 6.68. The molecule has 9 heteroatoms. The van der Waals surface area contributed by atoms with E-state index < -0.39 is 15.9 Å². The van der Waals surface area contributed by atoms with Crippen molar-refractivity contribution in [1.82, 2.24) is 5.32 Å². The van der Waals surface area contributed by atoms with E-state index in [4.69, 9.17) is 4.42 Å². The van der Waals surface area contributed by atoms with E-state index in [-0.39, 0.29) is 34.2 Å². The summed E-state index contributed by atoms with van der Waals surface area (Å²) in [4.78, 5) is 25.9. The Morgan fingerprint density at radius 3 is 2.20 bits per heavy atom. The van der Waals surface area contributed by atoms with Crippen molar-refractivity contribution in [3.63, 3.8) is 0 Å². The van der Waals surface area contributed by atoms with E-state index in [1.54, 1.807) is 79.7 Å². The molecule has 3 N–H and O–H groups in total. The summed E-state index contributed by atoms with van der Waals surface area (Å²) in [7, 11) is -3.82. The molecule has 0 radical (unpaired) electrons. The molecule has 178 valence electrons. The molecule has 0 fully saturated rings. The molecule has 0 saturated carbocycles. The summed E-state index contributed by atoms with van der Waals surface area (Å²) in [5, 5.41) is 5.52. The minimum atomic E-state index is -3.82. The van der Waals surface area contributed by atoms with Crippen LogP contribution in [-0.2, 0) is 16.6 Å². The van der Waals surface area contributed by atoms with Gasteiger partial charge >= 0.3 is 0 Å². The highest BCUT2D eigenvalue weighted by molar-refractivity contribution is 7.92. The van der Waals surface area contributed by atoms with Crippen molar-refractivity contribution in [1.29, 1.82) is 0 Å². The van der Waals surface area contributed by atoms with E-state index in [0.717, 1.165) is 0 Å². The lowest BCUT2D eigenvalue weighted by Gasteiger charge is -2.15. The number of benzene rings is 3. The molecule has 35 heavy (non-hydrogen) atoms. The molecule has 0 spiro atoms. The van der Waals surface area contributed by atoms with Gasteiger partial charge in [-0.2, -0.15) is 0 Å². The van der Waals surface area contributed by atoms with Crippen LogP contribution in [0.3, 0.4) is 0 Å². The first-order chi connectivity index (χ1) is 16.8. The number of sulfonamides is 1. The van der Waals surface area contributed by atoms with Gasteiger partial charge in [0.05, 0.1) is 34.6 Å². The van der Waals surface area contributed by atoms with Gasteiger partial charge in [0.15, 0.2) is 0 Å². The predicted molar refractivity (Wildman–Crippen MR) is 133 cm³/mol. The van der Waals surface area contributed by atoms with E-state index in [2.05, 4.69) is 15.4 Å². The van der Waals surface area contributed by atoms with Gasteiger partial charge in [-0.1, -0.05) is 36.4 Å². The van der Waals surface area contributed by atoms with Gasteiger partial charge < -0.3 is 15.1 Å². The number of carbonyl (C=O) groups is 2. The summed E-state index contributed by atoms with van der Waals surface area (Å²) in [6, 6.07) is 22.8. The number of hydrogen-bond acceptors (Lipinski definition) is 5. The van der Waals surface area contributed by atoms with E-state index in [1.165, 1.54) is 18.4 Å². The van der Waals surface area contributed by atoms with Crippen molar-refractivity contribution in [3.8, 4) is 0 Å². The van der Waals surface area contributed by atoms with Gasteiger partial charge in [0.25, 0.3) is 21.8 Å². The van der Waals surface area contributed by atoms with Crippen LogP contribution in [-0.4, -0.2) is 20.2 Å². The van der Waals surface area contributed by atoms with Crippen molar-refractivity contribution < 1.29 is 22.4 Å². The summed E-state index contributed by atoms with van der Waals surface area (Å²) >= 11 is 0. The maximum Gasteiger partial charge on any atom is 0.261 e. The summed E-state index contributed by atoms with van der Waals surface area (Å²) in [5.74, 6) is -0.252. The van der Waals surface area contributed by atoms with Crippen LogP contribution < -0.4 is 15.4 Å². The molecule has 0 aliphatic heterocycles. The third kappa shape index (κ3) is 5.59. The van der Waals surface area contributed by atoms with Gasteiger partial charge in [0.2, 0.25) is 0 Å². The lowest BCUT2D eigenvalue weighted by molar-refractivity contribution is 0.0949. The van der Waals surface area contributed by atoms with Gasteiger partial charge in [0.1, 0.15) is 5.76 Å². The fourth-order valence-corrected chi connectivity index (χ4v) is 4.60. The van der Waals surface area contributed by atoms with Gasteiger partial charge in [0, 0.05) is 5.56 Å². The van der Waals surface area contributed by atoms with Crippen LogP contribution in [0, 0.1) is 6.92 Å². The van der Waals surface area contributed by atoms with Gasteiger partial charge in [-0.3, -0.25) is 14.3 Å². The zero-order valence-electron chi connectivity index (χ0n) is 18.8. The first kappa shape index (κ1) is 23.8. The molecule has 8 nitrogen and oxygen atoms in total. The molecule has 0 saturated heterocycles. The first-order valence-electron chi connectivity index (χ1n) is 10.7. The summed E-state index contributed by atoms with van der Waals surface area (Å²) in [5.41, 5.74) is 1.61. The second-order valence-electron chi connectivity index (χ2n) is 7.66. The van der Waals surface area contributed by atoms with Crippen LogP contribution >= 0.6 is 0 Å². The fraction of sp³-hybridized carbons (Fsp3) is 0.0769. The van der Waals surface area contributed by atoms with E-state index in [9.17, 15) is 18.0 Å². The Labute approximate surface area is 203 Å². The molecule has 1 heterocycles. The number of amides is 2. The summed E-state index contributed by atoms with van der Waals surface area (Å²) in [6.07, 6.45) is 1.52. The van der Waals surface area contributed by atoms with Crippen molar-refractivity contribution in [3.05, 3.63) is 114 Å². The molecule has 4 aromatic rings. The molecule has 0 unspecified atom stereocenters. The molecule has 0 aliphatic carbocycles. The average Bonchev–Trinajstić information content (AvgIpc) is 3.38. The maximum absolute atomic E-state index is 13.1. The van der Waals surface area contributed by atoms with Crippen LogP contribution in [0.15, 0.2) is 101 Å². The van der Waals surface area contributed by atoms with Crippen LogP contribution in [0.2, 0.25) is 0 Å². The topological polar surface area (TPSA) is 118 Å². The number of furan rings is 1. The van der Waals surface area contributed by atoms with E-state index in [1.807, 2.05) is 0 Å². The van der Waals surface area contributed by atoms with Crippen LogP contribution in [0.4, 0.5) is 11.4 Å². The number of hydrogen-bond donors (Lipinski definition) is 3. The van der Waals surface area contributed by atoms with E-state index >= 15 is 0 Å². The van der Waals surface area contributed by atoms with Crippen molar-refractivity contribution in [2.45, 2.75) is 18.4 Å². The Morgan fingerprint density at radius 2 is 1.46 bits per heavy atom. The van der Waals surface area contributed by atoms with E-state index in [0.29, 0.717) is 17.0 Å². The number of nitrogens with one attached hydrogen (secondary N) is 3. The lowest BCUT2D eigenvalue weighted by atomic mass is 10.1. The first-order valence-corrected chi connectivity index (χ1v) is 12.2. The molecule has 2 amide bonds. The smallest absolute Gasteiger partial charge is 0.261 e. The Morgan fingerprint density at radius 1 is 0.771 bits per heavy atom. The molecule has 0 atom stereocenters. The SMILES string of the molecule is Cc1c(NS(=O)(=O)c2ccccc2)cccc1C(=O)Nc1ccccc1C(=O)NCc1ccco1. The van der Waals surface area contributed by atoms with Crippen molar-refractivity contribution in [2.24, 2.45) is 0 Å². The number of para-hydroxylation sites is 1. The highest BCUT2D eigenvalue weighted by Crippen LogP contribution is 2.24. The van der Waals surface area contributed by atoms with Crippen molar-refractivity contribution in [2.75, 3.05) is 10.0 Å². The molecule has 4 rings (SSSR count). The average molecular weight is 490 g/mol. The number of rotatable bonds is 8. The van der Waals surface area contributed by atoms with Gasteiger partial charge in [-0.25, -0.2) is 8.42 Å². The summed E-state index contributed by atoms with van der Waals surface area (Å²) < 4.78 is 33.2. The maximum atomic E-state index is 13.1. The zero-order chi connectivity index (χ0) is 24.8. The number of carbonyl (C=O) groups excluding carboxylic acids is 2. The minimum absolute atomic E-state index is 0.115. The Bertz CT molecular complexity index is 1450. The molecule has 0 bridgehead atoms. The second-order valence-corrected chi connectivity index (χ2v) is 9.34. The molecule has 3 aromatic carbocycles. The molecular formula is C26H23N3O5S. The lowest BCUT2D eigenvalue weighted by Crippen LogP contribution is -2.25. The predicted octanol–water partition coefficient (Wildman–Crippen LogP) is 4.57. The quantitative estimate of drug-likeness (QED) is 0.335. The number of anilines is 2. The van der Waals surface area contributed by atoms with Gasteiger partial charge in [-0.05, 0) is 61.0 Å². The second kappa shape index (κ2) is 10.3. The van der Waals surface area contributed by atoms with Crippen LogP contribution in [0.5, 0.6) is 0 Å². The highest BCUT2D eigenvalue weighted by Gasteiger charge is 2.19. The highest BCUT2D eigenvalue weighted by atomic mass is 32.2. The molecule has 0 aliphatic rings.